The van der Waals surface area contributed by atoms with E-state index in [1.165, 1.54) is 0 Å². The number of thiazole rings is 2. The third-order valence-corrected chi connectivity index (χ3v) is 5.27. The number of hydrogen-bond acceptors (Lipinski definition) is 5. The van der Waals surface area contributed by atoms with E-state index in [0.29, 0.717) is 17.5 Å². The van der Waals surface area contributed by atoms with E-state index in [1.807, 2.05) is 35.7 Å². The van der Waals surface area contributed by atoms with E-state index in [2.05, 4.69) is 25.6 Å². The minimum atomic E-state index is -4.42. The number of nitrogens with zero attached hydrogens (tertiary/aromatic N) is 3. The lowest BCUT2D eigenvalue weighted by Crippen LogP contribution is -2.36. The summed E-state index contributed by atoms with van der Waals surface area (Å²) in [5.41, 5.74) is 1.04. The van der Waals surface area contributed by atoms with Gasteiger partial charge in [0.15, 0.2) is 11.7 Å². The Hall–Kier alpha value is -2.46. The first kappa shape index (κ1) is 19.3. The highest BCUT2D eigenvalue weighted by atomic mass is 32.1. The van der Waals surface area contributed by atoms with Gasteiger partial charge in [-0.25, -0.2) is 9.97 Å². The van der Waals surface area contributed by atoms with Gasteiger partial charge in [-0.05, 0) is 0 Å². The SMILES string of the molecule is CN=C(NCc1csc(-c2ccccc2)n1)NCc1nc(C(F)(F)F)cs1. The number of halogens is 3. The van der Waals surface area contributed by atoms with Gasteiger partial charge in [-0.1, -0.05) is 30.3 Å². The van der Waals surface area contributed by atoms with Gasteiger partial charge in [0.2, 0.25) is 0 Å². The first-order chi connectivity index (χ1) is 13.0. The molecule has 0 aliphatic carbocycles. The van der Waals surface area contributed by atoms with Crippen LogP contribution in [0.15, 0.2) is 46.1 Å². The van der Waals surface area contributed by atoms with Gasteiger partial charge in [-0.15, -0.1) is 22.7 Å². The summed E-state index contributed by atoms with van der Waals surface area (Å²) < 4.78 is 37.7. The molecule has 3 rings (SSSR count). The van der Waals surface area contributed by atoms with Crippen LogP contribution in [0, 0.1) is 0 Å². The molecule has 0 radical (unpaired) electrons. The van der Waals surface area contributed by atoms with Gasteiger partial charge in [0.25, 0.3) is 0 Å². The third-order valence-electron chi connectivity index (χ3n) is 3.48. The molecule has 142 valence electrons. The van der Waals surface area contributed by atoms with Gasteiger partial charge >= 0.3 is 6.18 Å². The Labute approximate surface area is 162 Å². The molecule has 3 aromatic rings. The highest BCUT2D eigenvalue weighted by molar-refractivity contribution is 7.13. The molecule has 0 fully saturated rings. The summed E-state index contributed by atoms with van der Waals surface area (Å²) in [5.74, 6) is 0.466. The minimum absolute atomic E-state index is 0.159. The van der Waals surface area contributed by atoms with E-state index in [1.54, 1.807) is 18.4 Å². The number of rotatable bonds is 5. The van der Waals surface area contributed by atoms with Crippen molar-refractivity contribution >= 4 is 28.6 Å². The Balaban J connectivity index is 1.52. The maximum absolute atomic E-state index is 12.6. The van der Waals surface area contributed by atoms with Crippen LogP contribution in [0.2, 0.25) is 0 Å². The fraction of sp³-hybridized carbons (Fsp3) is 0.235. The summed E-state index contributed by atoms with van der Waals surface area (Å²) in [6.45, 7) is 0.613. The van der Waals surface area contributed by atoms with Crippen LogP contribution in [0.25, 0.3) is 10.6 Å². The van der Waals surface area contributed by atoms with Crippen LogP contribution in [-0.2, 0) is 19.3 Å². The molecule has 0 aliphatic rings. The topological polar surface area (TPSA) is 62.2 Å². The summed E-state index contributed by atoms with van der Waals surface area (Å²) in [4.78, 5) is 12.2. The molecule has 0 aliphatic heterocycles. The summed E-state index contributed by atoms with van der Waals surface area (Å²) in [7, 11) is 1.59. The van der Waals surface area contributed by atoms with Crippen molar-refractivity contribution in [3.8, 4) is 10.6 Å². The van der Waals surface area contributed by atoms with Crippen LogP contribution < -0.4 is 10.6 Å². The lowest BCUT2D eigenvalue weighted by atomic mass is 10.2. The van der Waals surface area contributed by atoms with E-state index >= 15 is 0 Å². The lowest BCUT2D eigenvalue weighted by molar-refractivity contribution is -0.140. The van der Waals surface area contributed by atoms with Crippen LogP contribution in [-0.4, -0.2) is 23.0 Å². The summed E-state index contributed by atoms with van der Waals surface area (Å²) >= 11 is 2.51. The van der Waals surface area contributed by atoms with Crippen molar-refractivity contribution in [3.05, 3.63) is 57.5 Å². The molecule has 0 amide bonds. The smallest absolute Gasteiger partial charge is 0.351 e. The van der Waals surface area contributed by atoms with E-state index in [0.717, 1.165) is 33.0 Å². The predicted octanol–water partition coefficient (Wildman–Crippen LogP) is 4.15. The standard InChI is InChI=1S/C17H16F3N5S2/c1-21-16(23-8-14-25-13(10-26-14)17(18,19)20)22-7-12-9-27-15(24-12)11-5-3-2-4-6-11/h2-6,9-10H,7-8H2,1H3,(H2,21,22,23). The average molecular weight is 411 g/mol. The van der Waals surface area contributed by atoms with E-state index < -0.39 is 11.9 Å². The fourth-order valence-electron chi connectivity index (χ4n) is 2.18. The third kappa shape index (κ3) is 5.27. The lowest BCUT2D eigenvalue weighted by Gasteiger charge is -2.09. The Morgan fingerprint density at radius 1 is 1.04 bits per heavy atom. The predicted molar refractivity (Wildman–Crippen MR) is 102 cm³/mol. The van der Waals surface area contributed by atoms with Gasteiger partial charge in [-0.2, -0.15) is 13.2 Å². The van der Waals surface area contributed by atoms with Crippen molar-refractivity contribution in [1.82, 2.24) is 20.6 Å². The summed E-state index contributed by atoms with van der Waals surface area (Å²) in [6.07, 6.45) is -4.42. The highest BCUT2D eigenvalue weighted by Gasteiger charge is 2.33. The largest absolute Gasteiger partial charge is 0.434 e. The van der Waals surface area contributed by atoms with Crippen molar-refractivity contribution in [3.63, 3.8) is 0 Å². The molecule has 0 bridgehead atoms. The quantitative estimate of drug-likeness (QED) is 0.489. The first-order valence-electron chi connectivity index (χ1n) is 7.91. The monoisotopic (exact) mass is 411 g/mol. The number of aliphatic imine (C=N–C) groups is 1. The molecule has 2 heterocycles. The molecule has 0 atom stereocenters. The molecule has 1 aromatic carbocycles. The van der Waals surface area contributed by atoms with Crippen LogP contribution in [0.3, 0.4) is 0 Å². The summed E-state index contributed by atoms with van der Waals surface area (Å²) in [5, 5.41) is 10.3. The van der Waals surface area contributed by atoms with Crippen molar-refractivity contribution < 1.29 is 13.2 Å². The van der Waals surface area contributed by atoms with Crippen molar-refractivity contribution in [1.29, 1.82) is 0 Å². The van der Waals surface area contributed by atoms with E-state index in [-0.39, 0.29) is 6.54 Å². The molecular formula is C17H16F3N5S2. The zero-order valence-electron chi connectivity index (χ0n) is 14.2. The van der Waals surface area contributed by atoms with Crippen LogP contribution in [0.5, 0.6) is 0 Å². The average Bonchev–Trinajstić information content (AvgIpc) is 3.32. The van der Waals surface area contributed by atoms with Crippen LogP contribution in [0.4, 0.5) is 13.2 Å². The minimum Gasteiger partial charge on any atom is -0.351 e. The highest BCUT2D eigenvalue weighted by Crippen LogP contribution is 2.29. The van der Waals surface area contributed by atoms with Gasteiger partial charge in [0, 0.05) is 23.4 Å². The first-order valence-corrected chi connectivity index (χ1v) is 9.67. The molecule has 0 saturated carbocycles. The molecule has 5 nitrogen and oxygen atoms in total. The number of alkyl halides is 3. The molecule has 0 saturated heterocycles. The van der Waals surface area contributed by atoms with Gasteiger partial charge in [0.1, 0.15) is 10.0 Å². The van der Waals surface area contributed by atoms with Gasteiger partial charge in [-0.3, -0.25) is 4.99 Å². The zero-order chi connectivity index (χ0) is 19.3. The maximum atomic E-state index is 12.6. The Morgan fingerprint density at radius 3 is 2.44 bits per heavy atom. The van der Waals surface area contributed by atoms with E-state index in [4.69, 9.17) is 0 Å². The number of nitrogens with one attached hydrogen (secondary N) is 2. The van der Waals surface area contributed by atoms with Crippen LogP contribution in [0.1, 0.15) is 16.4 Å². The molecule has 10 heteroatoms. The second-order valence-electron chi connectivity index (χ2n) is 5.41. The van der Waals surface area contributed by atoms with Gasteiger partial charge < -0.3 is 10.6 Å². The zero-order valence-corrected chi connectivity index (χ0v) is 15.9. The fourth-order valence-corrected chi connectivity index (χ4v) is 3.74. The molecule has 2 N–H and O–H groups in total. The maximum Gasteiger partial charge on any atom is 0.434 e. The van der Waals surface area contributed by atoms with Crippen LogP contribution >= 0.6 is 22.7 Å². The normalized spacial score (nSPS) is 12.2. The Kier molecular flexibility index (Phi) is 6.07. The molecular weight excluding hydrogens is 395 g/mol. The second kappa shape index (κ2) is 8.49. The van der Waals surface area contributed by atoms with Crippen molar-refractivity contribution in [2.45, 2.75) is 19.3 Å². The molecule has 0 spiro atoms. The number of benzene rings is 1. The summed E-state index contributed by atoms with van der Waals surface area (Å²) in [6, 6.07) is 9.88. The van der Waals surface area contributed by atoms with Gasteiger partial charge in [0.05, 0.1) is 18.8 Å². The Morgan fingerprint density at radius 2 is 1.78 bits per heavy atom. The van der Waals surface area contributed by atoms with Crippen molar-refractivity contribution in [2.24, 2.45) is 4.99 Å². The Bertz CT molecular complexity index is 903. The second-order valence-corrected chi connectivity index (χ2v) is 7.21. The molecule has 2 aromatic heterocycles. The van der Waals surface area contributed by atoms with E-state index in [9.17, 15) is 13.2 Å². The number of guanidine groups is 1. The molecule has 0 unspecified atom stereocenters. The molecule has 27 heavy (non-hydrogen) atoms. The van der Waals surface area contributed by atoms with Crippen molar-refractivity contribution in [2.75, 3.05) is 7.05 Å². The number of hydrogen-bond donors (Lipinski definition) is 2. The number of aromatic nitrogens is 2.